The van der Waals surface area contributed by atoms with Gasteiger partial charge in [0.1, 0.15) is 18.7 Å². The maximum atomic E-state index is 12.0. The van der Waals surface area contributed by atoms with E-state index < -0.39 is 6.04 Å². The first-order valence-electron chi connectivity index (χ1n) is 7.15. The second-order valence-corrected chi connectivity index (χ2v) is 5.15. The number of carbonyl (C=O) groups is 1. The Morgan fingerprint density at radius 1 is 1.35 bits per heavy atom. The predicted octanol–water partition coefficient (Wildman–Crippen LogP) is 1.51. The number of aryl methyl sites for hydroxylation is 1. The van der Waals surface area contributed by atoms with Crippen molar-refractivity contribution in [3.63, 3.8) is 0 Å². The zero-order valence-corrected chi connectivity index (χ0v) is 12.8. The molecule has 1 atom stereocenters. The van der Waals surface area contributed by atoms with Gasteiger partial charge in [0.2, 0.25) is 17.6 Å². The van der Waals surface area contributed by atoms with E-state index in [1.54, 1.807) is 6.92 Å². The van der Waals surface area contributed by atoms with Gasteiger partial charge in [-0.1, -0.05) is 35.0 Å². The SMILES string of the molecule is Cc1ccc(-c2noc(CNC(=O)C(C)n3cncn3)n2)cc1. The third-order valence-corrected chi connectivity index (χ3v) is 3.40. The lowest BCUT2D eigenvalue weighted by molar-refractivity contribution is -0.124. The lowest BCUT2D eigenvalue weighted by Gasteiger charge is -2.10. The fourth-order valence-corrected chi connectivity index (χ4v) is 1.99. The van der Waals surface area contributed by atoms with Crippen LogP contribution in [0.5, 0.6) is 0 Å². The Hall–Kier alpha value is -3.03. The van der Waals surface area contributed by atoms with E-state index >= 15 is 0 Å². The zero-order chi connectivity index (χ0) is 16.2. The van der Waals surface area contributed by atoms with Crippen molar-refractivity contribution in [2.24, 2.45) is 0 Å². The number of hydrogen-bond donors (Lipinski definition) is 1. The average molecular weight is 312 g/mol. The van der Waals surface area contributed by atoms with Crippen LogP contribution >= 0.6 is 0 Å². The molecule has 0 saturated carbocycles. The van der Waals surface area contributed by atoms with Gasteiger partial charge >= 0.3 is 0 Å². The number of hydrogen-bond acceptors (Lipinski definition) is 6. The van der Waals surface area contributed by atoms with Crippen molar-refractivity contribution in [1.29, 1.82) is 0 Å². The van der Waals surface area contributed by atoms with Crippen LogP contribution in [0.4, 0.5) is 0 Å². The molecule has 0 saturated heterocycles. The second kappa shape index (κ2) is 6.39. The molecule has 2 aromatic heterocycles. The average Bonchev–Trinajstić information content (AvgIpc) is 3.24. The van der Waals surface area contributed by atoms with E-state index in [-0.39, 0.29) is 12.5 Å². The first kappa shape index (κ1) is 14.9. The number of nitrogens with one attached hydrogen (secondary N) is 1. The largest absolute Gasteiger partial charge is 0.345 e. The smallest absolute Gasteiger partial charge is 0.246 e. The molecule has 0 spiro atoms. The van der Waals surface area contributed by atoms with Gasteiger partial charge in [0.25, 0.3) is 0 Å². The van der Waals surface area contributed by atoms with Crippen LogP contribution in [0, 0.1) is 6.92 Å². The summed E-state index contributed by atoms with van der Waals surface area (Å²) in [5.41, 5.74) is 2.03. The van der Waals surface area contributed by atoms with Crippen molar-refractivity contribution in [3.8, 4) is 11.4 Å². The van der Waals surface area contributed by atoms with E-state index in [1.165, 1.54) is 17.3 Å². The summed E-state index contributed by atoms with van der Waals surface area (Å²) >= 11 is 0. The van der Waals surface area contributed by atoms with E-state index in [0.29, 0.717) is 11.7 Å². The molecule has 23 heavy (non-hydrogen) atoms. The molecule has 8 heteroatoms. The molecule has 0 bridgehead atoms. The van der Waals surface area contributed by atoms with E-state index in [4.69, 9.17) is 4.52 Å². The highest BCUT2D eigenvalue weighted by molar-refractivity contribution is 5.79. The Balaban J connectivity index is 1.61. The quantitative estimate of drug-likeness (QED) is 0.767. The van der Waals surface area contributed by atoms with Gasteiger partial charge in [-0.25, -0.2) is 9.67 Å². The lowest BCUT2D eigenvalue weighted by atomic mass is 10.1. The number of amides is 1. The maximum absolute atomic E-state index is 12.0. The van der Waals surface area contributed by atoms with Gasteiger partial charge < -0.3 is 9.84 Å². The van der Waals surface area contributed by atoms with E-state index in [9.17, 15) is 4.79 Å². The molecule has 0 aliphatic carbocycles. The first-order valence-corrected chi connectivity index (χ1v) is 7.15. The van der Waals surface area contributed by atoms with Crippen molar-refractivity contribution >= 4 is 5.91 Å². The molecule has 2 heterocycles. The summed E-state index contributed by atoms with van der Waals surface area (Å²) in [6.07, 6.45) is 2.88. The fraction of sp³-hybridized carbons (Fsp3) is 0.267. The number of aromatic nitrogens is 5. The fourth-order valence-electron chi connectivity index (χ4n) is 1.99. The van der Waals surface area contributed by atoms with Gasteiger partial charge in [-0.3, -0.25) is 4.79 Å². The molecule has 1 N–H and O–H groups in total. The maximum Gasteiger partial charge on any atom is 0.246 e. The van der Waals surface area contributed by atoms with E-state index in [2.05, 4.69) is 25.5 Å². The molecule has 1 unspecified atom stereocenters. The molecule has 0 radical (unpaired) electrons. The van der Waals surface area contributed by atoms with Crippen LogP contribution in [-0.2, 0) is 11.3 Å². The normalized spacial score (nSPS) is 12.1. The van der Waals surface area contributed by atoms with E-state index in [1.807, 2.05) is 31.2 Å². The van der Waals surface area contributed by atoms with Crippen LogP contribution in [0.1, 0.15) is 24.4 Å². The minimum Gasteiger partial charge on any atom is -0.345 e. The summed E-state index contributed by atoms with van der Waals surface area (Å²) in [5.74, 6) is 0.642. The molecular weight excluding hydrogens is 296 g/mol. The van der Waals surface area contributed by atoms with Crippen molar-refractivity contribution in [1.82, 2.24) is 30.2 Å². The van der Waals surface area contributed by atoms with Gasteiger partial charge in [0.05, 0.1) is 6.54 Å². The molecule has 0 fully saturated rings. The van der Waals surface area contributed by atoms with Crippen LogP contribution in [0.3, 0.4) is 0 Å². The van der Waals surface area contributed by atoms with Crippen molar-refractivity contribution in [2.75, 3.05) is 0 Å². The van der Waals surface area contributed by atoms with Gasteiger partial charge in [0, 0.05) is 5.56 Å². The molecule has 3 rings (SSSR count). The highest BCUT2D eigenvalue weighted by Gasteiger charge is 2.16. The molecule has 0 aliphatic rings. The number of carbonyl (C=O) groups excluding carboxylic acids is 1. The molecule has 3 aromatic rings. The summed E-state index contributed by atoms with van der Waals surface area (Å²) in [6.45, 7) is 3.91. The third kappa shape index (κ3) is 3.42. The summed E-state index contributed by atoms with van der Waals surface area (Å²) in [7, 11) is 0. The predicted molar refractivity (Wildman–Crippen MR) is 81.1 cm³/mol. The Morgan fingerprint density at radius 3 is 2.83 bits per heavy atom. The van der Waals surface area contributed by atoms with Crippen molar-refractivity contribution in [2.45, 2.75) is 26.4 Å². The van der Waals surface area contributed by atoms with Gasteiger partial charge in [0.15, 0.2) is 0 Å². The summed E-state index contributed by atoms with van der Waals surface area (Å²) in [4.78, 5) is 20.1. The minimum atomic E-state index is -0.461. The topological polar surface area (TPSA) is 98.7 Å². The molecule has 1 aromatic carbocycles. The van der Waals surface area contributed by atoms with Crippen LogP contribution in [0.2, 0.25) is 0 Å². The highest BCUT2D eigenvalue weighted by Crippen LogP contribution is 2.16. The number of rotatable bonds is 5. The Morgan fingerprint density at radius 2 is 2.13 bits per heavy atom. The Labute approximate surface area is 132 Å². The van der Waals surface area contributed by atoms with Gasteiger partial charge in [-0.15, -0.1) is 0 Å². The Bertz CT molecular complexity index is 779. The summed E-state index contributed by atoms with van der Waals surface area (Å²) in [6, 6.07) is 7.35. The van der Waals surface area contributed by atoms with Crippen molar-refractivity contribution in [3.05, 3.63) is 48.4 Å². The monoisotopic (exact) mass is 312 g/mol. The van der Waals surface area contributed by atoms with Crippen LogP contribution < -0.4 is 5.32 Å². The third-order valence-electron chi connectivity index (χ3n) is 3.40. The highest BCUT2D eigenvalue weighted by atomic mass is 16.5. The van der Waals surface area contributed by atoms with E-state index in [0.717, 1.165) is 11.1 Å². The summed E-state index contributed by atoms with van der Waals surface area (Å²) < 4.78 is 6.63. The Kier molecular flexibility index (Phi) is 4.13. The van der Waals surface area contributed by atoms with Gasteiger partial charge in [-0.2, -0.15) is 10.1 Å². The molecule has 0 aliphatic heterocycles. The van der Waals surface area contributed by atoms with Crippen LogP contribution in [-0.4, -0.2) is 30.8 Å². The molecular formula is C15H16N6O2. The number of nitrogens with zero attached hydrogens (tertiary/aromatic N) is 5. The molecule has 1 amide bonds. The van der Waals surface area contributed by atoms with Crippen molar-refractivity contribution < 1.29 is 9.32 Å². The second-order valence-electron chi connectivity index (χ2n) is 5.15. The van der Waals surface area contributed by atoms with Gasteiger partial charge in [-0.05, 0) is 13.8 Å². The summed E-state index contributed by atoms with van der Waals surface area (Å²) in [5, 5.41) is 10.6. The molecule has 8 nitrogen and oxygen atoms in total. The minimum absolute atomic E-state index is 0.163. The lowest BCUT2D eigenvalue weighted by Crippen LogP contribution is -2.30. The zero-order valence-electron chi connectivity index (χ0n) is 12.8. The standard InChI is InChI=1S/C15H16N6O2/c1-10-3-5-12(6-4-10)14-19-13(23-20-14)7-17-15(22)11(2)21-9-16-8-18-21/h3-6,8-9,11H,7H2,1-2H3,(H,17,22). The van der Waals surface area contributed by atoms with Crippen LogP contribution in [0.15, 0.2) is 41.4 Å². The first-order chi connectivity index (χ1) is 11.1. The molecule has 118 valence electrons. The number of benzene rings is 1. The van der Waals surface area contributed by atoms with Crippen LogP contribution in [0.25, 0.3) is 11.4 Å².